The van der Waals surface area contributed by atoms with E-state index >= 15 is 0 Å². The van der Waals surface area contributed by atoms with E-state index in [1.807, 2.05) is 60.7 Å². The van der Waals surface area contributed by atoms with E-state index in [-0.39, 0.29) is 24.5 Å². The molecule has 5 heteroatoms. The molecule has 1 aliphatic heterocycles. The van der Waals surface area contributed by atoms with Gasteiger partial charge >= 0.3 is 5.97 Å². The molecule has 1 amide bonds. The Labute approximate surface area is 141 Å². The minimum Gasteiger partial charge on any atom is -0.465 e. The van der Waals surface area contributed by atoms with Crippen LogP contribution in [-0.2, 0) is 14.3 Å². The maximum atomic E-state index is 12.5. The Hall–Kier alpha value is -2.66. The molecule has 1 saturated heterocycles. The molecule has 3 rings (SSSR count). The summed E-state index contributed by atoms with van der Waals surface area (Å²) in [5, 5.41) is 0. The fourth-order valence-electron chi connectivity index (χ4n) is 3.17. The Morgan fingerprint density at radius 3 is 2.17 bits per heavy atom. The lowest BCUT2D eigenvalue weighted by molar-refractivity contribution is -0.155. The van der Waals surface area contributed by atoms with Crippen LogP contribution in [0.4, 0.5) is 0 Å². The first-order valence-corrected chi connectivity index (χ1v) is 8.04. The molecule has 1 fully saturated rings. The van der Waals surface area contributed by atoms with Gasteiger partial charge in [0.1, 0.15) is 5.92 Å². The highest BCUT2D eigenvalue weighted by atomic mass is 16.5. The van der Waals surface area contributed by atoms with Crippen molar-refractivity contribution in [1.82, 2.24) is 10.9 Å². The Morgan fingerprint density at radius 1 is 1.00 bits per heavy atom. The highest BCUT2D eigenvalue weighted by molar-refractivity contribution is 5.99. The van der Waals surface area contributed by atoms with Crippen molar-refractivity contribution in [1.29, 1.82) is 0 Å². The maximum Gasteiger partial charge on any atom is 0.319 e. The molecule has 0 aromatic heterocycles. The highest BCUT2D eigenvalue weighted by Crippen LogP contribution is 2.39. The zero-order chi connectivity index (χ0) is 16.9. The summed E-state index contributed by atoms with van der Waals surface area (Å²) in [6.45, 7) is 1.98. The summed E-state index contributed by atoms with van der Waals surface area (Å²) < 4.78 is 5.16. The van der Waals surface area contributed by atoms with Crippen molar-refractivity contribution in [2.75, 3.05) is 6.61 Å². The van der Waals surface area contributed by atoms with Crippen molar-refractivity contribution < 1.29 is 14.3 Å². The third kappa shape index (κ3) is 3.16. The van der Waals surface area contributed by atoms with Crippen LogP contribution in [0.25, 0.3) is 0 Å². The summed E-state index contributed by atoms with van der Waals surface area (Å²) >= 11 is 0. The Kier molecular flexibility index (Phi) is 4.91. The molecule has 2 N–H and O–H groups in total. The van der Waals surface area contributed by atoms with Gasteiger partial charge in [0.15, 0.2) is 0 Å². The van der Waals surface area contributed by atoms with Gasteiger partial charge in [0.2, 0.25) is 5.91 Å². The van der Waals surface area contributed by atoms with Crippen LogP contribution in [0.1, 0.15) is 30.0 Å². The lowest BCUT2D eigenvalue weighted by Crippen LogP contribution is -2.55. The first-order chi connectivity index (χ1) is 11.7. The molecule has 124 valence electrons. The quantitative estimate of drug-likeness (QED) is 0.669. The average Bonchev–Trinajstić information content (AvgIpc) is 2.63. The van der Waals surface area contributed by atoms with Gasteiger partial charge in [-0.2, -0.15) is 0 Å². The number of carbonyl (C=O) groups excluding carboxylic acids is 2. The van der Waals surface area contributed by atoms with Crippen LogP contribution in [-0.4, -0.2) is 18.5 Å². The number of rotatable bonds is 4. The second-order valence-corrected chi connectivity index (χ2v) is 5.69. The van der Waals surface area contributed by atoms with E-state index in [9.17, 15) is 9.59 Å². The third-order valence-corrected chi connectivity index (χ3v) is 4.24. The van der Waals surface area contributed by atoms with Crippen molar-refractivity contribution in [2.45, 2.75) is 18.9 Å². The number of nitrogens with one attached hydrogen (secondary N) is 2. The second-order valence-electron chi connectivity index (χ2n) is 5.69. The fourth-order valence-corrected chi connectivity index (χ4v) is 3.17. The van der Waals surface area contributed by atoms with Crippen LogP contribution in [0.3, 0.4) is 0 Å². The second kappa shape index (κ2) is 7.27. The van der Waals surface area contributed by atoms with Gasteiger partial charge in [0, 0.05) is 5.92 Å². The van der Waals surface area contributed by atoms with Gasteiger partial charge in [0.05, 0.1) is 12.6 Å². The van der Waals surface area contributed by atoms with Gasteiger partial charge in [-0.25, -0.2) is 5.43 Å². The zero-order valence-corrected chi connectivity index (χ0v) is 13.4. The number of hydrogen-bond donors (Lipinski definition) is 2. The maximum absolute atomic E-state index is 12.5. The van der Waals surface area contributed by atoms with Crippen molar-refractivity contribution in [3.05, 3.63) is 71.8 Å². The molecule has 3 atom stereocenters. The molecule has 0 spiro atoms. The molecule has 2 aromatic carbocycles. The Bertz CT molecular complexity index is 703. The molecule has 0 aliphatic carbocycles. The molecule has 2 aromatic rings. The van der Waals surface area contributed by atoms with E-state index < -0.39 is 11.9 Å². The van der Waals surface area contributed by atoms with Crippen LogP contribution in [0, 0.1) is 5.92 Å². The average molecular weight is 324 g/mol. The summed E-state index contributed by atoms with van der Waals surface area (Å²) in [4.78, 5) is 24.9. The third-order valence-electron chi connectivity index (χ3n) is 4.24. The summed E-state index contributed by atoms with van der Waals surface area (Å²) in [5.74, 6) is -2.10. The summed E-state index contributed by atoms with van der Waals surface area (Å²) in [6, 6.07) is 19.2. The molecule has 1 aliphatic rings. The van der Waals surface area contributed by atoms with Gasteiger partial charge < -0.3 is 4.74 Å². The van der Waals surface area contributed by atoms with Gasteiger partial charge in [-0.15, -0.1) is 0 Å². The molecule has 24 heavy (non-hydrogen) atoms. The summed E-state index contributed by atoms with van der Waals surface area (Å²) in [6.07, 6.45) is 0. The molecule has 0 radical (unpaired) electrons. The molecular weight excluding hydrogens is 304 g/mol. The van der Waals surface area contributed by atoms with Crippen LogP contribution in [0.5, 0.6) is 0 Å². The standard InChI is InChI=1S/C19H20N2O3/c1-2-24-19(23)16-15(13-9-5-3-6-10-13)17(20-21-18(16)22)14-11-7-4-8-12-14/h3-12,15-17,20H,2H2,1H3,(H,21,22). The van der Waals surface area contributed by atoms with Crippen LogP contribution in [0.15, 0.2) is 60.7 Å². The van der Waals surface area contributed by atoms with Crippen LogP contribution < -0.4 is 10.9 Å². The normalized spacial score (nSPS) is 23.4. The van der Waals surface area contributed by atoms with E-state index in [0.29, 0.717) is 0 Å². The lowest BCUT2D eigenvalue weighted by Gasteiger charge is -2.37. The number of hydrogen-bond acceptors (Lipinski definition) is 4. The van der Waals surface area contributed by atoms with Gasteiger partial charge in [0.25, 0.3) is 0 Å². The predicted octanol–water partition coefficient (Wildman–Crippen LogP) is 2.33. The number of ether oxygens (including phenoxy) is 1. The first-order valence-electron chi connectivity index (χ1n) is 8.04. The lowest BCUT2D eigenvalue weighted by atomic mass is 9.76. The smallest absolute Gasteiger partial charge is 0.319 e. The van der Waals surface area contributed by atoms with Gasteiger partial charge in [-0.05, 0) is 18.1 Å². The van der Waals surface area contributed by atoms with E-state index in [1.165, 1.54) is 0 Å². The molecule has 0 bridgehead atoms. The molecule has 1 heterocycles. The Balaban J connectivity index is 2.05. The van der Waals surface area contributed by atoms with Crippen molar-refractivity contribution >= 4 is 11.9 Å². The van der Waals surface area contributed by atoms with Gasteiger partial charge in [-0.1, -0.05) is 60.7 Å². The first kappa shape index (κ1) is 16.2. The van der Waals surface area contributed by atoms with Crippen LogP contribution in [0.2, 0.25) is 0 Å². The zero-order valence-electron chi connectivity index (χ0n) is 13.4. The summed E-state index contributed by atoms with van der Waals surface area (Å²) in [7, 11) is 0. The largest absolute Gasteiger partial charge is 0.465 e. The monoisotopic (exact) mass is 324 g/mol. The molecule has 3 unspecified atom stereocenters. The Morgan fingerprint density at radius 2 is 1.58 bits per heavy atom. The van der Waals surface area contributed by atoms with E-state index in [1.54, 1.807) is 6.92 Å². The number of amides is 1. The summed E-state index contributed by atoms with van der Waals surface area (Å²) in [5.41, 5.74) is 7.61. The van der Waals surface area contributed by atoms with E-state index in [4.69, 9.17) is 4.74 Å². The molecule has 5 nitrogen and oxygen atoms in total. The molecule has 0 saturated carbocycles. The molecular formula is C19H20N2O3. The predicted molar refractivity (Wildman–Crippen MR) is 89.8 cm³/mol. The van der Waals surface area contributed by atoms with Gasteiger partial charge in [-0.3, -0.25) is 15.0 Å². The highest BCUT2D eigenvalue weighted by Gasteiger charge is 2.45. The van der Waals surface area contributed by atoms with Crippen LogP contribution >= 0.6 is 0 Å². The van der Waals surface area contributed by atoms with Crippen molar-refractivity contribution in [3.63, 3.8) is 0 Å². The van der Waals surface area contributed by atoms with Crippen molar-refractivity contribution in [3.8, 4) is 0 Å². The number of carbonyl (C=O) groups is 2. The minimum absolute atomic E-state index is 0.222. The number of esters is 1. The van der Waals surface area contributed by atoms with E-state index in [0.717, 1.165) is 11.1 Å². The number of benzene rings is 2. The van der Waals surface area contributed by atoms with Crippen molar-refractivity contribution in [2.24, 2.45) is 5.92 Å². The SMILES string of the molecule is CCOC(=O)C1C(=O)NNC(c2ccccc2)C1c1ccccc1. The fraction of sp³-hybridized carbons (Fsp3) is 0.263. The topological polar surface area (TPSA) is 67.4 Å². The minimum atomic E-state index is -0.890. The van der Waals surface area contributed by atoms with E-state index in [2.05, 4.69) is 10.9 Å². The number of hydrazine groups is 1.